The zero-order valence-electron chi connectivity index (χ0n) is 15.2. The van der Waals surface area contributed by atoms with E-state index in [9.17, 15) is 20.2 Å². The molecule has 0 amide bonds. The van der Waals surface area contributed by atoms with E-state index in [1.165, 1.54) is 48.7 Å². The lowest BCUT2D eigenvalue weighted by Crippen LogP contribution is -2.00. The second-order valence-electron chi connectivity index (χ2n) is 6.05. The molecular weight excluding hydrogens is 433 g/mol. The van der Waals surface area contributed by atoms with E-state index < -0.39 is 9.85 Å². The molecule has 0 radical (unpaired) electrons. The van der Waals surface area contributed by atoms with Crippen LogP contribution in [0.2, 0.25) is 10.0 Å². The highest BCUT2D eigenvalue weighted by Gasteiger charge is 2.11. The zero-order valence-corrected chi connectivity index (χ0v) is 16.7. The number of non-ortho nitro benzene ring substituents is 2. The molecular formula is C20H13Cl2N3O5. The van der Waals surface area contributed by atoms with Gasteiger partial charge in [-0.15, -0.1) is 0 Å². The van der Waals surface area contributed by atoms with Gasteiger partial charge < -0.3 is 4.74 Å². The molecule has 3 aromatic rings. The highest BCUT2D eigenvalue weighted by molar-refractivity contribution is 6.36. The average molecular weight is 446 g/mol. The molecule has 0 heterocycles. The third-order valence-corrected chi connectivity index (χ3v) is 4.48. The third kappa shape index (κ3) is 5.31. The van der Waals surface area contributed by atoms with E-state index in [1.54, 1.807) is 18.2 Å². The molecule has 0 N–H and O–H groups in total. The summed E-state index contributed by atoms with van der Waals surface area (Å²) in [4.78, 5) is 24.8. The van der Waals surface area contributed by atoms with Gasteiger partial charge in [-0.1, -0.05) is 23.2 Å². The van der Waals surface area contributed by atoms with Gasteiger partial charge in [0.2, 0.25) is 0 Å². The number of nitro groups is 2. The standard InChI is InChI=1S/C20H13Cl2N3O5/c21-15-9-14(11-23-16-3-7-18(8-4-16)25(28)29)20(19(22)10-15)30-12-13-1-5-17(6-2-13)24(26)27/h1-11H,12H2. The third-order valence-electron chi connectivity index (χ3n) is 3.98. The Kier molecular flexibility index (Phi) is 6.61. The van der Waals surface area contributed by atoms with Gasteiger partial charge in [0.25, 0.3) is 11.4 Å². The molecule has 8 nitrogen and oxygen atoms in total. The van der Waals surface area contributed by atoms with Crippen LogP contribution in [0.15, 0.2) is 65.7 Å². The molecule has 3 rings (SSSR count). The summed E-state index contributed by atoms with van der Waals surface area (Å²) >= 11 is 12.4. The van der Waals surface area contributed by atoms with Crippen molar-refractivity contribution in [1.29, 1.82) is 0 Å². The van der Waals surface area contributed by atoms with Crippen molar-refractivity contribution in [2.24, 2.45) is 4.99 Å². The fourth-order valence-electron chi connectivity index (χ4n) is 2.50. The lowest BCUT2D eigenvalue weighted by Gasteiger charge is -2.12. The summed E-state index contributed by atoms with van der Waals surface area (Å²) in [6, 6.07) is 14.8. The summed E-state index contributed by atoms with van der Waals surface area (Å²) in [6.45, 7) is 0.123. The summed E-state index contributed by atoms with van der Waals surface area (Å²) < 4.78 is 5.81. The van der Waals surface area contributed by atoms with Gasteiger partial charge in [-0.25, -0.2) is 0 Å². The Labute approximate surface area is 180 Å². The Morgan fingerprint density at radius 1 is 0.900 bits per heavy atom. The molecule has 3 aromatic carbocycles. The second-order valence-corrected chi connectivity index (χ2v) is 6.89. The van der Waals surface area contributed by atoms with Gasteiger partial charge in [-0.2, -0.15) is 0 Å². The van der Waals surface area contributed by atoms with Crippen LogP contribution in [0.25, 0.3) is 0 Å². The molecule has 0 aliphatic carbocycles. The fourth-order valence-corrected chi connectivity index (χ4v) is 3.07. The summed E-state index contributed by atoms with van der Waals surface area (Å²) in [5.41, 5.74) is 1.67. The maximum atomic E-state index is 10.8. The van der Waals surface area contributed by atoms with Crippen molar-refractivity contribution in [3.05, 3.63) is 102 Å². The minimum absolute atomic E-state index is 0.0146. The monoisotopic (exact) mass is 445 g/mol. The molecule has 10 heteroatoms. The number of rotatable bonds is 7. The van der Waals surface area contributed by atoms with Crippen molar-refractivity contribution in [2.75, 3.05) is 0 Å². The van der Waals surface area contributed by atoms with Gasteiger partial charge in [0.1, 0.15) is 12.4 Å². The van der Waals surface area contributed by atoms with E-state index in [0.29, 0.717) is 27.6 Å². The molecule has 0 saturated carbocycles. The maximum absolute atomic E-state index is 10.8. The normalized spacial score (nSPS) is 10.9. The van der Waals surface area contributed by atoms with Crippen LogP contribution in [0.5, 0.6) is 5.75 Å². The molecule has 30 heavy (non-hydrogen) atoms. The molecule has 0 spiro atoms. The minimum atomic E-state index is -0.492. The van der Waals surface area contributed by atoms with Crippen molar-refractivity contribution in [3.8, 4) is 5.75 Å². The number of benzene rings is 3. The Morgan fingerprint density at radius 3 is 2.03 bits per heavy atom. The van der Waals surface area contributed by atoms with Gasteiger partial charge in [-0.3, -0.25) is 25.2 Å². The van der Waals surface area contributed by atoms with E-state index >= 15 is 0 Å². The summed E-state index contributed by atoms with van der Waals surface area (Å²) in [6.07, 6.45) is 1.49. The van der Waals surface area contributed by atoms with E-state index in [0.717, 1.165) is 0 Å². The van der Waals surface area contributed by atoms with Crippen LogP contribution in [0.1, 0.15) is 11.1 Å². The van der Waals surface area contributed by atoms with Crippen molar-refractivity contribution in [2.45, 2.75) is 6.61 Å². The van der Waals surface area contributed by atoms with Crippen LogP contribution in [-0.4, -0.2) is 16.1 Å². The lowest BCUT2D eigenvalue weighted by molar-refractivity contribution is -0.385. The number of hydrogen-bond acceptors (Lipinski definition) is 6. The van der Waals surface area contributed by atoms with Crippen molar-refractivity contribution >= 4 is 46.5 Å². The lowest BCUT2D eigenvalue weighted by atomic mass is 10.2. The van der Waals surface area contributed by atoms with Crippen LogP contribution in [0.4, 0.5) is 17.1 Å². The number of nitro benzene ring substituents is 2. The van der Waals surface area contributed by atoms with Crippen molar-refractivity contribution in [3.63, 3.8) is 0 Å². The molecule has 0 aliphatic rings. The van der Waals surface area contributed by atoms with Gasteiger partial charge in [0.05, 0.1) is 20.6 Å². The largest absolute Gasteiger partial charge is 0.487 e. The molecule has 0 saturated heterocycles. The first-order valence-corrected chi connectivity index (χ1v) is 9.23. The van der Waals surface area contributed by atoms with Crippen molar-refractivity contribution in [1.82, 2.24) is 0 Å². The topological polar surface area (TPSA) is 108 Å². The van der Waals surface area contributed by atoms with E-state index in [-0.39, 0.29) is 23.0 Å². The average Bonchev–Trinajstić information content (AvgIpc) is 2.72. The Balaban J connectivity index is 1.81. The van der Waals surface area contributed by atoms with Gasteiger partial charge in [-0.05, 0) is 42.0 Å². The number of nitrogens with zero attached hydrogens (tertiary/aromatic N) is 3. The second kappa shape index (κ2) is 9.34. The predicted molar refractivity (Wildman–Crippen MR) is 114 cm³/mol. The van der Waals surface area contributed by atoms with Crippen LogP contribution in [-0.2, 0) is 6.61 Å². The number of ether oxygens (including phenoxy) is 1. The van der Waals surface area contributed by atoms with Crippen LogP contribution >= 0.6 is 23.2 Å². The maximum Gasteiger partial charge on any atom is 0.269 e. The first-order chi connectivity index (χ1) is 14.3. The number of halogens is 2. The zero-order chi connectivity index (χ0) is 21.7. The molecule has 152 valence electrons. The molecule has 0 atom stereocenters. The van der Waals surface area contributed by atoms with Crippen LogP contribution in [0.3, 0.4) is 0 Å². The number of aliphatic imine (C=N–C) groups is 1. The summed E-state index contributed by atoms with van der Waals surface area (Å²) in [5, 5.41) is 22.1. The quantitative estimate of drug-likeness (QED) is 0.246. The molecule has 0 aromatic heterocycles. The van der Waals surface area contributed by atoms with Crippen molar-refractivity contribution < 1.29 is 14.6 Å². The molecule has 0 fully saturated rings. The highest BCUT2D eigenvalue weighted by atomic mass is 35.5. The molecule has 0 aliphatic heterocycles. The summed E-state index contributed by atoms with van der Waals surface area (Å²) in [7, 11) is 0. The summed E-state index contributed by atoms with van der Waals surface area (Å²) in [5.74, 6) is 0.338. The molecule has 0 unspecified atom stereocenters. The Hall–Kier alpha value is -3.49. The van der Waals surface area contributed by atoms with Crippen LogP contribution in [0, 0.1) is 20.2 Å². The first kappa shape index (κ1) is 21.2. The fraction of sp³-hybridized carbons (Fsp3) is 0.0500. The van der Waals surface area contributed by atoms with Gasteiger partial charge in [0, 0.05) is 41.1 Å². The minimum Gasteiger partial charge on any atom is -0.487 e. The first-order valence-electron chi connectivity index (χ1n) is 8.47. The SMILES string of the molecule is O=[N+]([O-])c1ccc(COc2c(Cl)cc(Cl)cc2C=Nc2ccc([N+](=O)[O-])cc2)cc1. The van der Waals surface area contributed by atoms with E-state index in [1.807, 2.05) is 0 Å². The predicted octanol–water partition coefficient (Wildman–Crippen LogP) is 6.14. The number of hydrogen-bond donors (Lipinski definition) is 0. The Morgan fingerprint density at radius 2 is 1.47 bits per heavy atom. The highest BCUT2D eigenvalue weighted by Crippen LogP contribution is 2.33. The van der Waals surface area contributed by atoms with E-state index in [2.05, 4.69) is 4.99 Å². The van der Waals surface area contributed by atoms with E-state index in [4.69, 9.17) is 27.9 Å². The van der Waals surface area contributed by atoms with Crippen LogP contribution < -0.4 is 4.74 Å². The Bertz CT molecular complexity index is 1120. The van der Waals surface area contributed by atoms with Gasteiger partial charge >= 0.3 is 0 Å². The van der Waals surface area contributed by atoms with Gasteiger partial charge in [0.15, 0.2) is 0 Å². The molecule has 0 bridgehead atoms. The smallest absolute Gasteiger partial charge is 0.269 e.